The number of aromatic nitrogens is 2. The fourth-order valence-corrected chi connectivity index (χ4v) is 5.13. The molecule has 180 valence electrons. The molecule has 6 aromatic rings. The summed E-state index contributed by atoms with van der Waals surface area (Å²) in [5.41, 5.74) is 6.43. The lowest BCUT2D eigenvalue weighted by Gasteiger charge is -2.25. The van der Waals surface area contributed by atoms with Crippen LogP contribution in [0.25, 0.3) is 27.7 Å². The van der Waals surface area contributed by atoms with Crippen molar-refractivity contribution in [3.05, 3.63) is 149 Å². The molecule has 0 unspecified atom stereocenters. The highest BCUT2D eigenvalue weighted by molar-refractivity contribution is 6.13. The molecule has 5 aromatic carbocycles. The van der Waals surface area contributed by atoms with E-state index < -0.39 is 0 Å². The minimum Gasteiger partial charge on any atom is -0.311 e. The van der Waals surface area contributed by atoms with Crippen molar-refractivity contribution in [1.29, 1.82) is 0 Å². The van der Waals surface area contributed by atoms with Crippen LogP contribution in [0.5, 0.6) is 0 Å². The molecule has 1 aliphatic heterocycles. The lowest BCUT2D eigenvalue weighted by molar-refractivity contribution is 0.103. The lowest BCUT2D eigenvalue weighted by atomic mass is 10.0. The molecule has 0 aliphatic carbocycles. The molecule has 0 amide bonds. The van der Waals surface area contributed by atoms with E-state index in [1.165, 1.54) is 4.57 Å². The van der Waals surface area contributed by atoms with Crippen molar-refractivity contribution >= 4 is 33.7 Å². The number of rotatable bonds is 4. The van der Waals surface area contributed by atoms with Crippen LogP contribution in [-0.4, -0.2) is 15.3 Å². The van der Waals surface area contributed by atoms with Crippen LogP contribution in [-0.2, 0) is 0 Å². The summed E-state index contributed by atoms with van der Waals surface area (Å²) < 4.78 is 1.43. The number of para-hydroxylation sites is 3. The van der Waals surface area contributed by atoms with E-state index in [4.69, 9.17) is 0 Å². The molecular formula is C33H21N3O2. The Morgan fingerprint density at radius 3 is 1.84 bits per heavy atom. The molecule has 0 spiro atoms. The fourth-order valence-electron chi connectivity index (χ4n) is 5.13. The van der Waals surface area contributed by atoms with Crippen LogP contribution in [0.3, 0.4) is 0 Å². The molecule has 5 nitrogen and oxygen atoms in total. The van der Waals surface area contributed by atoms with E-state index in [2.05, 4.69) is 58.4 Å². The predicted octanol–water partition coefficient (Wildman–Crippen LogP) is 7.07. The minimum absolute atomic E-state index is 0.169. The molecule has 1 aliphatic rings. The van der Waals surface area contributed by atoms with Crippen molar-refractivity contribution in [2.75, 3.05) is 4.90 Å². The Morgan fingerprint density at radius 2 is 1.16 bits per heavy atom. The van der Waals surface area contributed by atoms with Gasteiger partial charge in [0.2, 0.25) is 5.78 Å². The summed E-state index contributed by atoms with van der Waals surface area (Å²) in [4.78, 5) is 33.1. The first-order chi connectivity index (χ1) is 18.7. The lowest BCUT2D eigenvalue weighted by Crippen LogP contribution is -2.21. The van der Waals surface area contributed by atoms with Gasteiger partial charge < -0.3 is 4.90 Å². The van der Waals surface area contributed by atoms with Gasteiger partial charge in [-0.2, -0.15) is 0 Å². The van der Waals surface area contributed by atoms with Gasteiger partial charge in [0.15, 0.2) is 5.82 Å². The summed E-state index contributed by atoms with van der Waals surface area (Å²) in [7, 11) is 0. The number of nitrogens with zero attached hydrogens (tertiary/aromatic N) is 3. The number of benzene rings is 5. The van der Waals surface area contributed by atoms with E-state index in [1.54, 1.807) is 18.2 Å². The van der Waals surface area contributed by atoms with Gasteiger partial charge in [0.05, 0.1) is 22.2 Å². The van der Waals surface area contributed by atoms with E-state index in [-0.39, 0.29) is 17.2 Å². The van der Waals surface area contributed by atoms with Crippen LogP contribution in [0.15, 0.2) is 132 Å². The van der Waals surface area contributed by atoms with Gasteiger partial charge in [0.25, 0.3) is 5.56 Å². The number of carbonyl (C=O) groups excluding carboxylic acids is 1. The zero-order chi connectivity index (χ0) is 25.6. The molecule has 0 N–H and O–H groups in total. The van der Waals surface area contributed by atoms with E-state index in [0.29, 0.717) is 22.2 Å². The van der Waals surface area contributed by atoms with Crippen LogP contribution in [0.2, 0.25) is 0 Å². The summed E-state index contributed by atoms with van der Waals surface area (Å²) in [5, 5.41) is 0.482. The molecule has 0 saturated heterocycles. The van der Waals surface area contributed by atoms with Gasteiger partial charge in [-0.1, -0.05) is 66.7 Å². The SMILES string of the molecule is O=C1c2ccccc2-n2c1nc1ccc(-c3ccc(N(c4ccccc4)c4ccccc4)cc3)cc1c2=O. The van der Waals surface area contributed by atoms with Crippen molar-refractivity contribution < 1.29 is 4.79 Å². The molecule has 0 atom stereocenters. The number of anilines is 3. The van der Waals surface area contributed by atoms with Gasteiger partial charge in [0, 0.05) is 17.1 Å². The van der Waals surface area contributed by atoms with E-state index in [9.17, 15) is 9.59 Å². The first-order valence-electron chi connectivity index (χ1n) is 12.4. The van der Waals surface area contributed by atoms with Gasteiger partial charge >= 0.3 is 0 Å². The second kappa shape index (κ2) is 8.68. The highest BCUT2D eigenvalue weighted by atomic mass is 16.1. The molecular weight excluding hydrogens is 470 g/mol. The summed E-state index contributed by atoms with van der Waals surface area (Å²) in [6, 6.07) is 41.6. The second-order valence-corrected chi connectivity index (χ2v) is 9.21. The molecule has 0 radical (unpaired) electrons. The largest absolute Gasteiger partial charge is 0.311 e. The summed E-state index contributed by atoms with van der Waals surface area (Å²) >= 11 is 0. The van der Waals surface area contributed by atoms with Gasteiger partial charge in [-0.3, -0.25) is 14.2 Å². The van der Waals surface area contributed by atoms with Crippen LogP contribution in [0, 0.1) is 0 Å². The summed E-state index contributed by atoms with van der Waals surface area (Å²) in [6.45, 7) is 0. The molecule has 0 fully saturated rings. The van der Waals surface area contributed by atoms with Crippen LogP contribution < -0.4 is 10.5 Å². The smallest absolute Gasteiger partial charge is 0.266 e. The average molecular weight is 492 g/mol. The zero-order valence-corrected chi connectivity index (χ0v) is 20.3. The standard InChI is InChI=1S/C33H21N3O2/c37-31-27-13-7-8-14-30(27)36-32(31)34-29-20-17-23(21-28(29)33(36)38)22-15-18-26(19-16-22)35(24-9-3-1-4-10-24)25-11-5-2-6-12-25/h1-21H. The molecule has 7 rings (SSSR count). The third-order valence-corrected chi connectivity index (χ3v) is 6.95. The third kappa shape index (κ3) is 3.44. The Balaban J connectivity index is 1.31. The average Bonchev–Trinajstić information content (AvgIpc) is 3.26. The van der Waals surface area contributed by atoms with Crippen molar-refractivity contribution in [2.45, 2.75) is 0 Å². The van der Waals surface area contributed by atoms with E-state index >= 15 is 0 Å². The maximum Gasteiger partial charge on any atom is 0.266 e. The fraction of sp³-hybridized carbons (Fsp3) is 0. The second-order valence-electron chi connectivity index (χ2n) is 9.21. The van der Waals surface area contributed by atoms with Crippen molar-refractivity contribution in [3.8, 4) is 16.8 Å². The first kappa shape index (κ1) is 21.9. The zero-order valence-electron chi connectivity index (χ0n) is 20.3. The Labute approximate surface area is 218 Å². The molecule has 38 heavy (non-hydrogen) atoms. The van der Waals surface area contributed by atoms with Crippen molar-refractivity contribution in [1.82, 2.24) is 9.55 Å². The Morgan fingerprint density at radius 1 is 0.579 bits per heavy atom. The number of hydrogen-bond donors (Lipinski definition) is 0. The number of hydrogen-bond acceptors (Lipinski definition) is 4. The summed E-state index contributed by atoms with van der Waals surface area (Å²) in [5.74, 6) is -0.0524. The Kier molecular flexibility index (Phi) is 5.01. The third-order valence-electron chi connectivity index (χ3n) is 6.95. The predicted molar refractivity (Wildman–Crippen MR) is 151 cm³/mol. The van der Waals surface area contributed by atoms with E-state index in [1.807, 2.05) is 60.7 Å². The van der Waals surface area contributed by atoms with Gasteiger partial charge in [-0.05, 0) is 71.8 Å². The monoisotopic (exact) mass is 491 g/mol. The van der Waals surface area contributed by atoms with Crippen LogP contribution >= 0.6 is 0 Å². The quantitative estimate of drug-likeness (QED) is 0.264. The number of ketones is 1. The molecule has 0 bridgehead atoms. The molecule has 0 saturated carbocycles. The van der Waals surface area contributed by atoms with Crippen LogP contribution in [0.4, 0.5) is 17.1 Å². The van der Waals surface area contributed by atoms with Gasteiger partial charge in [0.1, 0.15) is 0 Å². The number of fused-ring (bicyclic) bond motifs is 4. The highest BCUT2D eigenvalue weighted by Gasteiger charge is 2.29. The maximum absolute atomic E-state index is 13.5. The molecule has 2 heterocycles. The van der Waals surface area contributed by atoms with E-state index in [0.717, 1.165) is 28.2 Å². The number of carbonyl (C=O) groups is 1. The highest BCUT2D eigenvalue weighted by Crippen LogP contribution is 2.35. The molecule has 1 aromatic heterocycles. The Hall–Kier alpha value is -5.29. The summed E-state index contributed by atoms with van der Waals surface area (Å²) in [6.07, 6.45) is 0. The maximum atomic E-state index is 13.5. The first-order valence-corrected chi connectivity index (χ1v) is 12.4. The normalized spacial score (nSPS) is 11.8. The molecule has 5 heteroatoms. The van der Waals surface area contributed by atoms with Crippen molar-refractivity contribution in [2.24, 2.45) is 0 Å². The topological polar surface area (TPSA) is 55.2 Å². The minimum atomic E-state index is -0.235. The van der Waals surface area contributed by atoms with Gasteiger partial charge in [-0.25, -0.2) is 4.98 Å². The van der Waals surface area contributed by atoms with Gasteiger partial charge in [-0.15, -0.1) is 0 Å². The van der Waals surface area contributed by atoms with Crippen LogP contribution in [0.1, 0.15) is 16.2 Å². The van der Waals surface area contributed by atoms with Crippen molar-refractivity contribution in [3.63, 3.8) is 0 Å². The Bertz CT molecular complexity index is 1850.